The van der Waals surface area contributed by atoms with Gasteiger partial charge in [-0.2, -0.15) is 0 Å². The second kappa shape index (κ2) is 6.88. The lowest BCUT2D eigenvalue weighted by atomic mass is 10.2. The molecule has 6 heteroatoms. The van der Waals surface area contributed by atoms with Gasteiger partial charge in [0.1, 0.15) is 19.0 Å². The number of aromatic nitrogens is 1. The number of hydrogen-bond acceptors (Lipinski definition) is 5. The predicted octanol–water partition coefficient (Wildman–Crippen LogP) is 3.80. The van der Waals surface area contributed by atoms with Crippen molar-refractivity contribution < 1.29 is 14.3 Å². The number of benzene rings is 2. The Kier molecular flexibility index (Phi) is 4.09. The van der Waals surface area contributed by atoms with Gasteiger partial charge in [-0.05, 0) is 42.3 Å². The normalized spacial score (nSPS) is 14.5. The largest absolute Gasteiger partial charge is 0.486 e. The maximum absolute atomic E-state index is 12.8. The van der Waals surface area contributed by atoms with Crippen LogP contribution in [0.3, 0.4) is 0 Å². The summed E-state index contributed by atoms with van der Waals surface area (Å²) in [7, 11) is 0. The lowest BCUT2D eigenvalue weighted by Crippen LogP contribution is -2.18. The van der Waals surface area contributed by atoms with Gasteiger partial charge >= 0.3 is 0 Å². The Hall–Kier alpha value is -3.54. The lowest BCUT2D eigenvalue weighted by molar-refractivity contribution is 0.102. The number of rotatable bonds is 3. The first-order valence-corrected chi connectivity index (χ1v) is 9.30. The van der Waals surface area contributed by atoms with Crippen LogP contribution in [0.2, 0.25) is 0 Å². The summed E-state index contributed by atoms with van der Waals surface area (Å²) in [4.78, 5) is 19.4. The molecule has 6 nitrogen and oxygen atoms in total. The number of carbonyl (C=O) groups is 1. The van der Waals surface area contributed by atoms with E-state index < -0.39 is 0 Å². The van der Waals surface area contributed by atoms with E-state index in [1.54, 1.807) is 18.3 Å². The molecule has 0 saturated heterocycles. The zero-order chi connectivity index (χ0) is 18.9. The van der Waals surface area contributed by atoms with Crippen LogP contribution in [-0.2, 0) is 6.42 Å². The highest BCUT2D eigenvalue weighted by molar-refractivity contribution is 6.04. The van der Waals surface area contributed by atoms with Gasteiger partial charge < -0.3 is 19.7 Å². The smallest absolute Gasteiger partial charge is 0.255 e. The average molecular weight is 373 g/mol. The summed E-state index contributed by atoms with van der Waals surface area (Å²) in [6.07, 6.45) is 2.65. The van der Waals surface area contributed by atoms with E-state index in [2.05, 4.69) is 27.3 Å². The molecule has 2 aliphatic heterocycles. The van der Waals surface area contributed by atoms with Crippen LogP contribution in [-0.4, -0.2) is 30.6 Å². The Morgan fingerprint density at radius 1 is 1.00 bits per heavy atom. The minimum Gasteiger partial charge on any atom is -0.486 e. The van der Waals surface area contributed by atoms with Gasteiger partial charge in [0.05, 0.1) is 0 Å². The lowest BCUT2D eigenvalue weighted by Gasteiger charge is -2.19. The Balaban J connectivity index is 1.37. The second-order valence-corrected chi connectivity index (χ2v) is 6.75. The van der Waals surface area contributed by atoms with Crippen molar-refractivity contribution in [2.24, 2.45) is 0 Å². The van der Waals surface area contributed by atoms with E-state index in [0.717, 1.165) is 24.5 Å². The maximum atomic E-state index is 12.8. The van der Waals surface area contributed by atoms with Gasteiger partial charge in [-0.15, -0.1) is 0 Å². The van der Waals surface area contributed by atoms with Gasteiger partial charge in [0.15, 0.2) is 11.5 Å². The first-order valence-electron chi connectivity index (χ1n) is 9.30. The highest BCUT2D eigenvalue weighted by Gasteiger charge is 2.21. The van der Waals surface area contributed by atoms with Crippen LogP contribution < -0.4 is 19.7 Å². The van der Waals surface area contributed by atoms with Crippen LogP contribution in [0.1, 0.15) is 15.9 Å². The Morgan fingerprint density at radius 3 is 2.79 bits per heavy atom. The third-order valence-corrected chi connectivity index (χ3v) is 4.97. The zero-order valence-electron chi connectivity index (χ0n) is 15.2. The maximum Gasteiger partial charge on any atom is 0.255 e. The monoisotopic (exact) mass is 373 g/mol. The highest BCUT2D eigenvalue weighted by atomic mass is 16.6. The number of pyridine rings is 1. The van der Waals surface area contributed by atoms with Crippen molar-refractivity contribution in [2.75, 3.05) is 30.0 Å². The Morgan fingerprint density at radius 2 is 1.86 bits per heavy atom. The van der Waals surface area contributed by atoms with Gasteiger partial charge in [0.25, 0.3) is 5.91 Å². The summed E-state index contributed by atoms with van der Waals surface area (Å²) in [6, 6.07) is 17.2. The number of anilines is 3. The summed E-state index contributed by atoms with van der Waals surface area (Å²) in [5.74, 6) is 1.93. The van der Waals surface area contributed by atoms with Gasteiger partial charge in [-0.3, -0.25) is 4.79 Å². The average Bonchev–Trinajstić information content (AvgIpc) is 3.18. The van der Waals surface area contributed by atoms with Gasteiger partial charge in [-0.25, -0.2) is 4.98 Å². The molecule has 1 amide bonds. The van der Waals surface area contributed by atoms with Crippen LogP contribution in [0, 0.1) is 0 Å². The van der Waals surface area contributed by atoms with Crippen molar-refractivity contribution >= 4 is 23.1 Å². The molecular weight excluding hydrogens is 354 g/mol. The molecule has 0 fully saturated rings. The molecule has 3 heterocycles. The van der Waals surface area contributed by atoms with E-state index in [0.29, 0.717) is 36.0 Å². The van der Waals surface area contributed by atoms with E-state index in [9.17, 15) is 4.79 Å². The van der Waals surface area contributed by atoms with Crippen molar-refractivity contribution in [3.05, 3.63) is 71.9 Å². The van der Waals surface area contributed by atoms with Crippen molar-refractivity contribution in [1.29, 1.82) is 0 Å². The van der Waals surface area contributed by atoms with Crippen molar-refractivity contribution in [1.82, 2.24) is 4.98 Å². The van der Waals surface area contributed by atoms with Gasteiger partial charge in [-0.1, -0.05) is 18.2 Å². The molecule has 2 aromatic carbocycles. The predicted molar refractivity (Wildman–Crippen MR) is 107 cm³/mol. The molecule has 28 heavy (non-hydrogen) atoms. The first-order chi connectivity index (χ1) is 13.8. The summed E-state index contributed by atoms with van der Waals surface area (Å²) in [5, 5.41) is 2.92. The van der Waals surface area contributed by atoms with Gasteiger partial charge in [0, 0.05) is 35.7 Å². The third-order valence-electron chi connectivity index (χ3n) is 4.97. The van der Waals surface area contributed by atoms with E-state index in [-0.39, 0.29) is 5.91 Å². The molecule has 0 bridgehead atoms. The number of carbonyl (C=O) groups excluding carboxylic acids is 1. The molecule has 2 aliphatic rings. The zero-order valence-corrected chi connectivity index (χ0v) is 15.2. The number of amides is 1. The van der Waals surface area contributed by atoms with E-state index in [1.807, 2.05) is 30.3 Å². The van der Waals surface area contributed by atoms with Crippen molar-refractivity contribution in [2.45, 2.75) is 6.42 Å². The van der Waals surface area contributed by atoms with Crippen LogP contribution in [0.5, 0.6) is 11.5 Å². The summed E-state index contributed by atoms with van der Waals surface area (Å²) < 4.78 is 11.1. The molecule has 1 N–H and O–H groups in total. The molecule has 140 valence electrons. The fourth-order valence-corrected chi connectivity index (χ4v) is 3.61. The Labute approximate surface area is 162 Å². The summed E-state index contributed by atoms with van der Waals surface area (Å²) in [5.41, 5.74) is 3.68. The molecule has 3 aromatic rings. The molecule has 0 aliphatic carbocycles. The van der Waals surface area contributed by atoms with Crippen LogP contribution >= 0.6 is 0 Å². The van der Waals surface area contributed by atoms with Crippen molar-refractivity contribution in [3.8, 4) is 11.5 Å². The minimum absolute atomic E-state index is 0.187. The van der Waals surface area contributed by atoms with Crippen molar-refractivity contribution in [3.63, 3.8) is 0 Å². The second-order valence-electron chi connectivity index (χ2n) is 6.75. The van der Waals surface area contributed by atoms with Crippen LogP contribution in [0.25, 0.3) is 0 Å². The highest BCUT2D eigenvalue weighted by Crippen LogP contribution is 2.34. The molecule has 1 aromatic heterocycles. The molecule has 0 radical (unpaired) electrons. The number of hydrogen-bond donors (Lipinski definition) is 1. The van der Waals surface area contributed by atoms with Crippen LogP contribution in [0.15, 0.2) is 60.8 Å². The fraction of sp³-hybridized carbons (Fsp3) is 0.182. The van der Waals surface area contributed by atoms with E-state index >= 15 is 0 Å². The molecule has 0 saturated carbocycles. The standard InChI is InChI=1S/C22H19N3O3/c26-22(24-17-5-6-19-20(14-17)28-12-11-27-19)16-7-9-23-21(13-16)25-10-8-15-3-1-2-4-18(15)25/h1-7,9,13-14H,8,10-12H2,(H,24,26). The molecule has 0 spiro atoms. The topological polar surface area (TPSA) is 63.7 Å². The number of ether oxygens (including phenoxy) is 2. The third kappa shape index (κ3) is 3.03. The molecule has 0 unspecified atom stereocenters. The number of para-hydroxylation sites is 1. The van der Waals surface area contributed by atoms with E-state index in [1.165, 1.54) is 5.56 Å². The Bertz CT molecular complexity index is 1050. The minimum atomic E-state index is -0.187. The first kappa shape index (κ1) is 16.6. The number of nitrogens with zero attached hydrogens (tertiary/aromatic N) is 2. The molecular formula is C22H19N3O3. The quantitative estimate of drug-likeness (QED) is 0.757. The summed E-state index contributed by atoms with van der Waals surface area (Å²) >= 11 is 0. The van der Waals surface area contributed by atoms with E-state index in [4.69, 9.17) is 9.47 Å². The fourth-order valence-electron chi connectivity index (χ4n) is 3.61. The summed E-state index contributed by atoms with van der Waals surface area (Å²) in [6.45, 7) is 1.91. The number of fused-ring (bicyclic) bond motifs is 2. The van der Waals surface area contributed by atoms with Crippen LogP contribution in [0.4, 0.5) is 17.2 Å². The molecule has 0 atom stereocenters. The SMILES string of the molecule is O=C(Nc1ccc2c(c1)OCCO2)c1ccnc(N2CCc3ccccc32)c1. The van der Waals surface area contributed by atoms with Gasteiger partial charge in [0.2, 0.25) is 0 Å². The number of nitrogens with one attached hydrogen (secondary N) is 1. The molecule has 5 rings (SSSR count).